The van der Waals surface area contributed by atoms with Gasteiger partial charge in [0.05, 0.1) is 24.4 Å². The van der Waals surface area contributed by atoms with Gasteiger partial charge in [0, 0.05) is 54.7 Å². The van der Waals surface area contributed by atoms with Gasteiger partial charge in [-0.1, -0.05) is 24.6 Å². The number of hydrogen-bond acceptors (Lipinski definition) is 8. The molecular formula is C34H42N4O7S2. The highest BCUT2D eigenvalue weighted by molar-refractivity contribution is 7.89. The van der Waals surface area contributed by atoms with Crippen LogP contribution in [0.1, 0.15) is 49.7 Å². The summed E-state index contributed by atoms with van der Waals surface area (Å²) in [6.07, 6.45) is 6.46. The van der Waals surface area contributed by atoms with Gasteiger partial charge in [0.25, 0.3) is 0 Å². The maximum Gasteiger partial charge on any atom is 0.243 e. The van der Waals surface area contributed by atoms with E-state index in [0.29, 0.717) is 63.9 Å². The van der Waals surface area contributed by atoms with Crippen molar-refractivity contribution in [3.05, 3.63) is 59.7 Å². The van der Waals surface area contributed by atoms with Crippen LogP contribution in [0.4, 0.5) is 11.4 Å². The van der Waals surface area contributed by atoms with Gasteiger partial charge in [-0.15, -0.1) is 0 Å². The average Bonchev–Trinajstić information content (AvgIpc) is 3.47. The number of piperidine rings is 2. The van der Waals surface area contributed by atoms with Gasteiger partial charge in [-0.2, -0.15) is 4.31 Å². The van der Waals surface area contributed by atoms with Crippen molar-refractivity contribution in [2.24, 2.45) is 5.92 Å². The Morgan fingerprint density at radius 1 is 0.957 bits per heavy atom. The fraction of sp³-hybridized carbons (Fsp3) is 0.500. The number of sulfonamides is 2. The van der Waals surface area contributed by atoms with E-state index >= 15 is 0 Å². The molecule has 1 atom stereocenters. The number of hydrogen-bond donors (Lipinski definition) is 1. The molecule has 0 bridgehead atoms. The first-order chi connectivity index (χ1) is 22.6. The van der Waals surface area contributed by atoms with Crippen molar-refractivity contribution in [2.75, 3.05) is 56.0 Å². The van der Waals surface area contributed by atoms with E-state index in [9.17, 15) is 21.6 Å². The number of rotatable bonds is 8. The van der Waals surface area contributed by atoms with Crippen molar-refractivity contribution in [1.82, 2.24) is 8.61 Å². The number of nitrogens with zero attached hydrogens (tertiary/aromatic N) is 3. The van der Waals surface area contributed by atoms with E-state index in [4.69, 9.17) is 9.47 Å². The van der Waals surface area contributed by atoms with Gasteiger partial charge in [-0.3, -0.25) is 4.79 Å². The van der Waals surface area contributed by atoms with Gasteiger partial charge in [-0.25, -0.2) is 21.1 Å². The van der Waals surface area contributed by atoms with Crippen LogP contribution in [0.2, 0.25) is 0 Å². The van der Waals surface area contributed by atoms with E-state index in [1.165, 1.54) is 10.6 Å². The number of ether oxygens (including phenoxy) is 2. The van der Waals surface area contributed by atoms with Gasteiger partial charge in [0.15, 0.2) is 0 Å². The zero-order valence-corrected chi connectivity index (χ0v) is 28.3. The quantitative estimate of drug-likeness (QED) is 0.373. The van der Waals surface area contributed by atoms with Gasteiger partial charge in [-0.05, 0) is 79.5 Å². The molecule has 3 aromatic rings. The Hall–Kier alpha value is -3.23. The number of amides is 1. The molecule has 47 heavy (non-hydrogen) atoms. The molecule has 4 heterocycles. The molecule has 7 rings (SSSR count). The minimum absolute atomic E-state index is 0.195. The van der Waals surface area contributed by atoms with Crippen LogP contribution in [0.5, 0.6) is 5.75 Å². The van der Waals surface area contributed by atoms with Crippen molar-refractivity contribution in [3.8, 4) is 5.75 Å². The standard InChI is InChI=1S/C34H42N4O7S2/c1-46(40,41)37-18-13-24(14-19-37)12-17-36-23-44-22-26-5-4-6-28-29(9-10-30(36)33(26)28)35-34(39)31-7-2-3-16-38(31)47(42,43)27-8-11-32-25(21-27)15-20-45-32/h4-6,8-11,21,24,31H,2-3,7,12-20,22-23H2,1H3,(H,35,39). The second kappa shape index (κ2) is 13.0. The van der Waals surface area contributed by atoms with Gasteiger partial charge >= 0.3 is 0 Å². The van der Waals surface area contributed by atoms with Gasteiger partial charge in [0.1, 0.15) is 18.5 Å². The summed E-state index contributed by atoms with van der Waals surface area (Å²) in [5, 5.41) is 5.01. The molecule has 0 spiro atoms. The monoisotopic (exact) mass is 682 g/mol. The Labute approximate surface area is 276 Å². The lowest BCUT2D eigenvalue weighted by Crippen LogP contribution is -2.49. The molecule has 0 radical (unpaired) electrons. The number of anilines is 2. The van der Waals surface area contributed by atoms with Crippen LogP contribution < -0.4 is 15.0 Å². The lowest BCUT2D eigenvalue weighted by molar-refractivity contribution is -0.120. The summed E-state index contributed by atoms with van der Waals surface area (Å²) < 4.78 is 66.2. The highest BCUT2D eigenvalue weighted by atomic mass is 32.2. The molecule has 0 aliphatic carbocycles. The maximum atomic E-state index is 13.9. The highest BCUT2D eigenvalue weighted by Crippen LogP contribution is 2.38. The third kappa shape index (κ3) is 6.48. The van der Waals surface area contributed by atoms with E-state index in [0.717, 1.165) is 65.6 Å². The minimum Gasteiger partial charge on any atom is -0.493 e. The van der Waals surface area contributed by atoms with E-state index in [1.54, 1.807) is 22.5 Å². The van der Waals surface area contributed by atoms with Gasteiger partial charge < -0.3 is 19.7 Å². The average molecular weight is 683 g/mol. The lowest BCUT2D eigenvalue weighted by atomic mass is 9.94. The molecule has 1 amide bonds. The minimum atomic E-state index is -3.90. The van der Waals surface area contributed by atoms with E-state index < -0.39 is 26.1 Å². The van der Waals surface area contributed by atoms with Crippen LogP contribution >= 0.6 is 0 Å². The fourth-order valence-corrected chi connectivity index (χ4v) is 10.1. The second-order valence-electron chi connectivity index (χ2n) is 13.1. The normalized spacial score (nSPS) is 21.3. The summed E-state index contributed by atoms with van der Waals surface area (Å²) >= 11 is 0. The van der Waals surface area contributed by atoms with Crippen LogP contribution in [0, 0.1) is 5.92 Å². The zero-order chi connectivity index (χ0) is 32.8. The Balaban J connectivity index is 1.10. The molecule has 11 nitrogen and oxygen atoms in total. The topological polar surface area (TPSA) is 126 Å². The van der Waals surface area contributed by atoms with Crippen LogP contribution in [0.3, 0.4) is 0 Å². The number of carbonyl (C=O) groups is 1. The molecule has 3 aromatic carbocycles. The van der Waals surface area contributed by atoms with E-state index in [2.05, 4.69) is 10.2 Å². The first-order valence-corrected chi connectivity index (χ1v) is 19.8. The molecule has 0 aromatic heterocycles. The number of fused-ring (bicyclic) bond motifs is 1. The summed E-state index contributed by atoms with van der Waals surface area (Å²) in [6.45, 7) is 3.58. The molecule has 1 unspecified atom stereocenters. The fourth-order valence-electron chi connectivity index (χ4n) is 7.47. The predicted octanol–water partition coefficient (Wildman–Crippen LogP) is 4.31. The summed E-state index contributed by atoms with van der Waals surface area (Å²) in [7, 11) is -7.06. The number of carbonyl (C=O) groups excluding carboxylic acids is 1. The zero-order valence-electron chi connectivity index (χ0n) is 26.7. The summed E-state index contributed by atoms with van der Waals surface area (Å²) in [5.41, 5.74) is 3.57. The summed E-state index contributed by atoms with van der Waals surface area (Å²) in [5.74, 6) is 0.815. The SMILES string of the molecule is CS(=O)(=O)N1CCC(CCN2COCc3cccc4c(NC(=O)C5CCCCN5S(=O)(=O)c5ccc6c(c5)CCO6)ccc2c34)CC1. The molecule has 2 saturated heterocycles. The third-order valence-corrected chi connectivity index (χ3v) is 13.3. The maximum absolute atomic E-state index is 13.9. The molecule has 13 heteroatoms. The third-order valence-electron chi connectivity index (χ3n) is 10.1. The Kier molecular flexibility index (Phi) is 8.94. The largest absolute Gasteiger partial charge is 0.493 e. The molecule has 1 N–H and O–H groups in total. The van der Waals surface area contributed by atoms with Crippen LogP contribution in [0.25, 0.3) is 10.8 Å². The Morgan fingerprint density at radius 3 is 2.60 bits per heavy atom. The molecule has 0 saturated carbocycles. The number of nitrogens with one attached hydrogen (secondary N) is 1. The highest BCUT2D eigenvalue weighted by Gasteiger charge is 2.38. The van der Waals surface area contributed by atoms with Crippen molar-refractivity contribution < 1.29 is 31.1 Å². The molecule has 4 aliphatic rings. The van der Waals surface area contributed by atoms with Gasteiger partial charge in [0.2, 0.25) is 26.0 Å². The van der Waals surface area contributed by atoms with E-state index in [1.807, 2.05) is 30.3 Å². The summed E-state index contributed by atoms with van der Waals surface area (Å²) in [4.78, 5) is 16.3. The Bertz CT molecular complexity index is 1890. The smallest absolute Gasteiger partial charge is 0.243 e. The lowest BCUT2D eigenvalue weighted by Gasteiger charge is -2.34. The summed E-state index contributed by atoms with van der Waals surface area (Å²) in [6, 6.07) is 14.1. The van der Waals surface area contributed by atoms with Crippen molar-refractivity contribution in [2.45, 2.75) is 62.5 Å². The van der Waals surface area contributed by atoms with Crippen LogP contribution in [-0.2, 0) is 42.6 Å². The van der Waals surface area contributed by atoms with Crippen molar-refractivity contribution >= 4 is 48.1 Å². The first-order valence-electron chi connectivity index (χ1n) is 16.5. The van der Waals surface area contributed by atoms with Crippen LogP contribution in [-0.4, -0.2) is 83.2 Å². The van der Waals surface area contributed by atoms with Crippen molar-refractivity contribution in [1.29, 1.82) is 0 Å². The predicted molar refractivity (Wildman–Crippen MR) is 181 cm³/mol. The first kappa shape index (κ1) is 32.3. The Morgan fingerprint density at radius 2 is 1.79 bits per heavy atom. The van der Waals surface area contributed by atoms with E-state index in [-0.39, 0.29) is 17.3 Å². The molecule has 2 fully saturated rings. The molecule has 4 aliphatic heterocycles. The second-order valence-corrected chi connectivity index (χ2v) is 17.0. The molecule has 252 valence electrons. The van der Waals surface area contributed by atoms with Crippen LogP contribution in [0.15, 0.2) is 53.4 Å². The number of benzene rings is 3. The molecular weight excluding hydrogens is 641 g/mol. The van der Waals surface area contributed by atoms with Crippen molar-refractivity contribution in [3.63, 3.8) is 0 Å².